The summed E-state index contributed by atoms with van der Waals surface area (Å²) in [5.74, 6) is -0.0254. The number of hydrogen-bond acceptors (Lipinski definition) is 5. The predicted molar refractivity (Wildman–Crippen MR) is 76.9 cm³/mol. The number of amides is 1. The first-order chi connectivity index (χ1) is 9.95. The van der Waals surface area contributed by atoms with E-state index >= 15 is 0 Å². The van der Waals surface area contributed by atoms with Crippen LogP contribution in [0.1, 0.15) is 31.2 Å². The second-order valence-corrected chi connectivity index (χ2v) is 7.63. The van der Waals surface area contributed by atoms with Gasteiger partial charge in [0.2, 0.25) is 5.91 Å². The van der Waals surface area contributed by atoms with Gasteiger partial charge in [0.15, 0.2) is 9.84 Å². The zero-order valence-corrected chi connectivity index (χ0v) is 12.6. The number of rotatable bonds is 4. The summed E-state index contributed by atoms with van der Waals surface area (Å²) >= 11 is 0. The fraction of sp³-hybridized carbons (Fsp3) is 0.500. The quantitative estimate of drug-likeness (QED) is 0.647. The number of benzene rings is 1. The maximum absolute atomic E-state index is 12.6. The van der Waals surface area contributed by atoms with E-state index in [4.69, 9.17) is 9.94 Å². The summed E-state index contributed by atoms with van der Waals surface area (Å²) in [6.45, 7) is 0. The molecule has 0 aromatic heterocycles. The molecule has 116 valence electrons. The Morgan fingerprint density at radius 3 is 2.52 bits per heavy atom. The van der Waals surface area contributed by atoms with Crippen LogP contribution in [0.25, 0.3) is 0 Å². The Labute approximate surface area is 124 Å². The second kappa shape index (κ2) is 6.03. The molecule has 0 bridgehead atoms. The minimum Gasteiger partial charge on any atom is -0.497 e. The molecule has 1 aromatic rings. The highest BCUT2D eigenvalue weighted by atomic mass is 32.2. The van der Waals surface area contributed by atoms with E-state index in [0.717, 1.165) is 6.42 Å². The van der Waals surface area contributed by atoms with Crippen molar-refractivity contribution in [1.29, 1.82) is 0 Å². The summed E-state index contributed by atoms with van der Waals surface area (Å²) in [6.07, 6.45) is 1.41. The normalized spacial score (nSPS) is 24.3. The summed E-state index contributed by atoms with van der Waals surface area (Å²) in [4.78, 5) is 11.6. The van der Waals surface area contributed by atoms with Crippen LogP contribution in [0.15, 0.2) is 24.3 Å². The Bertz CT molecular complexity index is 611. The molecular weight excluding hydrogens is 294 g/mol. The minimum atomic E-state index is -3.48. The molecule has 1 aromatic carbocycles. The van der Waals surface area contributed by atoms with Crippen LogP contribution in [0.4, 0.5) is 0 Å². The van der Waals surface area contributed by atoms with Gasteiger partial charge >= 0.3 is 0 Å². The fourth-order valence-electron chi connectivity index (χ4n) is 2.87. The number of hydrogen-bond donors (Lipinski definition) is 2. The maximum atomic E-state index is 12.6. The van der Waals surface area contributed by atoms with E-state index in [9.17, 15) is 13.2 Å². The van der Waals surface area contributed by atoms with Crippen molar-refractivity contribution in [3.8, 4) is 5.75 Å². The average molecular weight is 313 g/mol. The van der Waals surface area contributed by atoms with E-state index in [2.05, 4.69) is 0 Å². The topological polar surface area (TPSA) is 92.7 Å². The van der Waals surface area contributed by atoms with Crippen molar-refractivity contribution in [2.24, 2.45) is 0 Å². The van der Waals surface area contributed by atoms with Crippen LogP contribution in [-0.4, -0.2) is 32.4 Å². The van der Waals surface area contributed by atoms with Crippen LogP contribution in [0.5, 0.6) is 5.75 Å². The van der Waals surface area contributed by atoms with E-state index in [1.165, 1.54) is 12.6 Å². The average Bonchev–Trinajstić information content (AvgIpc) is 2.49. The van der Waals surface area contributed by atoms with Crippen molar-refractivity contribution in [2.75, 3.05) is 12.9 Å². The van der Waals surface area contributed by atoms with Crippen molar-refractivity contribution < 1.29 is 23.2 Å². The molecule has 1 heterocycles. The van der Waals surface area contributed by atoms with Crippen LogP contribution in [-0.2, 0) is 19.4 Å². The molecule has 1 saturated heterocycles. The van der Waals surface area contributed by atoms with E-state index < -0.39 is 20.5 Å². The fourth-order valence-corrected chi connectivity index (χ4v) is 5.15. The molecule has 6 nitrogen and oxygen atoms in total. The number of nitrogens with one attached hydrogen (secondary N) is 1. The lowest BCUT2D eigenvalue weighted by Gasteiger charge is -2.36. The molecule has 1 atom stereocenters. The van der Waals surface area contributed by atoms with Gasteiger partial charge in [-0.25, -0.2) is 13.9 Å². The summed E-state index contributed by atoms with van der Waals surface area (Å²) < 4.78 is 29.0. The van der Waals surface area contributed by atoms with Crippen molar-refractivity contribution in [3.05, 3.63) is 29.8 Å². The number of methoxy groups -OCH3 is 1. The molecule has 2 rings (SSSR count). The van der Waals surface area contributed by atoms with E-state index in [-0.39, 0.29) is 12.2 Å². The number of sulfone groups is 1. The van der Waals surface area contributed by atoms with Crippen molar-refractivity contribution >= 4 is 15.7 Å². The van der Waals surface area contributed by atoms with Gasteiger partial charge in [0.1, 0.15) is 10.5 Å². The van der Waals surface area contributed by atoms with Crippen LogP contribution in [0.3, 0.4) is 0 Å². The summed E-state index contributed by atoms with van der Waals surface area (Å²) in [6, 6.07) is 6.70. The Kier molecular flexibility index (Phi) is 4.53. The van der Waals surface area contributed by atoms with Gasteiger partial charge in [-0.15, -0.1) is 0 Å². The van der Waals surface area contributed by atoms with Crippen LogP contribution in [0.2, 0.25) is 0 Å². The molecule has 21 heavy (non-hydrogen) atoms. The highest BCUT2D eigenvalue weighted by Gasteiger charge is 2.48. The predicted octanol–water partition coefficient (Wildman–Crippen LogP) is 1.38. The Morgan fingerprint density at radius 1 is 1.33 bits per heavy atom. The molecule has 0 radical (unpaired) electrons. The first-order valence-corrected chi connectivity index (χ1v) is 8.40. The Morgan fingerprint density at radius 2 is 2.00 bits per heavy atom. The molecule has 1 unspecified atom stereocenters. The largest absolute Gasteiger partial charge is 0.497 e. The van der Waals surface area contributed by atoms with Crippen LogP contribution in [0, 0.1) is 0 Å². The summed E-state index contributed by atoms with van der Waals surface area (Å²) in [5, 5.41) is 8.76. The van der Waals surface area contributed by atoms with Crippen LogP contribution < -0.4 is 10.2 Å². The van der Waals surface area contributed by atoms with Crippen molar-refractivity contribution in [2.45, 2.75) is 30.4 Å². The molecule has 7 heteroatoms. The molecule has 1 fully saturated rings. The van der Waals surface area contributed by atoms with Gasteiger partial charge in [0, 0.05) is 0 Å². The lowest BCUT2D eigenvalue weighted by molar-refractivity contribution is -0.130. The molecular formula is C14H19NO5S. The van der Waals surface area contributed by atoms with Gasteiger partial charge in [0.25, 0.3) is 0 Å². The molecule has 2 N–H and O–H groups in total. The minimum absolute atomic E-state index is 0.0533. The number of carbonyl (C=O) groups excluding carboxylic acids is 1. The van der Waals surface area contributed by atoms with Gasteiger partial charge in [-0.05, 0) is 30.5 Å². The highest BCUT2D eigenvalue weighted by molar-refractivity contribution is 7.92. The first kappa shape index (κ1) is 15.8. The zero-order chi connectivity index (χ0) is 15.5. The first-order valence-electron chi connectivity index (χ1n) is 6.75. The smallest absolute Gasteiger partial charge is 0.245 e. The van der Waals surface area contributed by atoms with Gasteiger partial charge < -0.3 is 4.74 Å². The molecule has 0 aliphatic carbocycles. The summed E-state index contributed by atoms with van der Waals surface area (Å²) in [7, 11) is -1.95. The zero-order valence-electron chi connectivity index (χ0n) is 11.8. The van der Waals surface area contributed by atoms with Gasteiger partial charge in [-0.3, -0.25) is 10.0 Å². The summed E-state index contributed by atoms with van der Waals surface area (Å²) in [5.41, 5.74) is 2.10. The van der Waals surface area contributed by atoms with E-state index in [0.29, 0.717) is 24.2 Å². The van der Waals surface area contributed by atoms with Crippen LogP contribution >= 0.6 is 0 Å². The number of ether oxygens (including phenoxy) is 1. The van der Waals surface area contributed by atoms with Crippen molar-refractivity contribution in [1.82, 2.24) is 5.48 Å². The molecule has 1 aliphatic rings. The number of carbonyl (C=O) groups is 1. The maximum Gasteiger partial charge on any atom is 0.245 e. The molecule has 1 amide bonds. The Balaban J connectivity index is 2.51. The third-order valence-corrected chi connectivity index (χ3v) is 6.63. The molecule has 0 saturated carbocycles. The molecule has 1 aliphatic heterocycles. The highest BCUT2D eigenvalue weighted by Crippen LogP contribution is 2.43. The SMILES string of the molecule is COc1ccc(C2(CC(=O)NO)CCCCS2(=O)=O)cc1. The third kappa shape index (κ3) is 2.89. The van der Waals surface area contributed by atoms with Gasteiger partial charge in [-0.2, -0.15) is 0 Å². The third-order valence-electron chi connectivity index (χ3n) is 4.03. The van der Waals surface area contributed by atoms with Crippen molar-refractivity contribution in [3.63, 3.8) is 0 Å². The lowest BCUT2D eigenvalue weighted by Crippen LogP contribution is -2.44. The standard InChI is InChI=1S/C14H19NO5S/c1-20-12-6-4-11(5-7-12)14(10-13(16)15-17)8-2-3-9-21(14,18)19/h4-7,17H,2-3,8-10H2,1H3,(H,15,16). The van der Waals surface area contributed by atoms with E-state index in [1.807, 2.05) is 0 Å². The van der Waals surface area contributed by atoms with Gasteiger partial charge in [0.05, 0.1) is 19.3 Å². The lowest BCUT2D eigenvalue weighted by atomic mass is 9.88. The number of hydroxylamine groups is 1. The van der Waals surface area contributed by atoms with E-state index in [1.54, 1.807) is 24.3 Å². The molecule has 0 spiro atoms. The Hall–Kier alpha value is -1.60. The van der Waals surface area contributed by atoms with Gasteiger partial charge in [-0.1, -0.05) is 18.6 Å². The second-order valence-electron chi connectivity index (χ2n) is 5.21. The monoisotopic (exact) mass is 313 g/mol.